The molecule has 0 aliphatic rings. The fourth-order valence-corrected chi connectivity index (χ4v) is 2.18. The number of hydrogen-bond acceptors (Lipinski definition) is 6. The predicted molar refractivity (Wildman–Crippen MR) is 69.5 cm³/mol. The van der Waals surface area contributed by atoms with Crippen LogP contribution >= 0.6 is 0 Å². The van der Waals surface area contributed by atoms with E-state index < -0.39 is 20.4 Å². The van der Waals surface area contributed by atoms with Gasteiger partial charge < -0.3 is 4.74 Å². The number of aryl methyl sites for hydroxylation is 1. The zero-order valence-corrected chi connectivity index (χ0v) is 11.5. The first kappa shape index (κ1) is 14.0. The van der Waals surface area contributed by atoms with E-state index in [9.17, 15) is 18.5 Å². The Balaban J connectivity index is 2.45. The van der Waals surface area contributed by atoms with Gasteiger partial charge in [-0.25, -0.2) is 8.42 Å². The van der Waals surface area contributed by atoms with Gasteiger partial charge in [0.05, 0.1) is 22.2 Å². The minimum atomic E-state index is -3.52. The number of ether oxygens (including phenoxy) is 1. The Hall–Kier alpha value is -2.42. The standard InChI is InChI=1S/C11H11N3O5S/c1-13-7-8(6-12-13)19-11-4-3-9(20(2,17)18)5-10(11)14(15)16/h3-7H,1-2H3. The van der Waals surface area contributed by atoms with Crippen molar-refractivity contribution in [2.75, 3.05) is 6.26 Å². The Morgan fingerprint density at radius 2 is 2.10 bits per heavy atom. The number of nitro benzene ring substituents is 1. The zero-order valence-electron chi connectivity index (χ0n) is 10.7. The molecule has 106 valence electrons. The van der Waals surface area contributed by atoms with Crippen molar-refractivity contribution in [3.63, 3.8) is 0 Å². The van der Waals surface area contributed by atoms with Crippen molar-refractivity contribution in [3.8, 4) is 11.5 Å². The van der Waals surface area contributed by atoms with Crippen LogP contribution in [0.3, 0.4) is 0 Å². The highest BCUT2D eigenvalue weighted by atomic mass is 32.2. The summed E-state index contributed by atoms with van der Waals surface area (Å²) in [6.45, 7) is 0. The molecular formula is C11H11N3O5S. The first-order valence-electron chi connectivity index (χ1n) is 5.42. The molecule has 9 heteroatoms. The van der Waals surface area contributed by atoms with Crippen LogP contribution in [0.5, 0.6) is 11.5 Å². The van der Waals surface area contributed by atoms with E-state index in [4.69, 9.17) is 4.74 Å². The number of nitrogens with zero attached hydrogens (tertiary/aromatic N) is 3. The summed E-state index contributed by atoms with van der Waals surface area (Å²) in [7, 11) is -1.85. The minimum Gasteiger partial charge on any atom is -0.447 e. The van der Waals surface area contributed by atoms with E-state index in [1.807, 2.05) is 0 Å². The zero-order chi connectivity index (χ0) is 14.9. The van der Waals surface area contributed by atoms with Gasteiger partial charge in [0.15, 0.2) is 15.6 Å². The van der Waals surface area contributed by atoms with Crippen LogP contribution in [-0.2, 0) is 16.9 Å². The highest BCUT2D eigenvalue weighted by Crippen LogP contribution is 2.33. The molecule has 0 atom stereocenters. The Morgan fingerprint density at radius 3 is 2.60 bits per heavy atom. The fraction of sp³-hybridized carbons (Fsp3) is 0.182. The number of benzene rings is 1. The van der Waals surface area contributed by atoms with Crippen LogP contribution in [0.1, 0.15) is 0 Å². The van der Waals surface area contributed by atoms with Crippen LogP contribution in [-0.4, -0.2) is 29.4 Å². The van der Waals surface area contributed by atoms with E-state index in [1.54, 1.807) is 7.05 Å². The molecule has 20 heavy (non-hydrogen) atoms. The quantitative estimate of drug-likeness (QED) is 0.626. The molecule has 2 aromatic rings. The van der Waals surface area contributed by atoms with E-state index in [-0.39, 0.29) is 10.6 Å². The third kappa shape index (κ3) is 2.94. The van der Waals surface area contributed by atoms with Gasteiger partial charge in [0.2, 0.25) is 5.75 Å². The number of rotatable bonds is 4. The smallest absolute Gasteiger partial charge is 0.312 e. The first-order chi connectivity index (χ1) is 9.27. The molecule has 0 aliphatic heterocycles. The Morgan fingerprint density at radius 1 is 1.40 bits per heavy atom. The van der Waals surface area contributed by atoms with E-state index in [0.717, 1.165) is 12.3 Å². The molecule has 0 N–H and O–H groups in total. The second-order valence-corrected chi connectivity index (χ2v) is 6.13. The molecule has 0 unspecified atom stereocenters. The van der Waals surface area contributed by atoms with Gasteiger partial charge in [-0.2, -0.15) is 5.10 Å². The normalized spacial score (nSPS) is 11.3. The molecule has 2 rings (SSSR count). The summed E-state index contributed by atoms with van der Waals surface area (Å²) in [5, 5.41) is 14.9. The molecule has 0 amide bonds. The van der Waals surface area contributed by atoms with Crippen LogP contribution in [0.2, 0.25) is 0 Å². The average molecular weight is 297 g/mol. The highest BCUT2D eigenvalue weighted by molar-refractivity contribution is 7.90. The molecule has 0 saturated carbocycles. The molecule has 0 spiro atoms. The third-order valence-corrected chi connectivity index (χ3v) is 3.57. The van der Waals surface area contributed by atoms with Gasteiger partial charge in [-0.1, -0.05) is 0 Å². The van der Waals surface area contributed by atoms with Crippen LogP contribution in [0.25, 0.3) is 0 Å². The van der Waals surface area contributed by atoms with Crippen molar-refractivity contribution in [1.29, 1.82) is 0 Å². The summed E-state index contributed by atoms with van der Waals surface area (Å²) in [4.78, 5) is 10.2. The van der Waals surface area contributed by atoms with Crippen molar-refractivity contribution in [1.82, 2.24) is 9.78 Å². The topological polar surface area (TPSA) is 104 Å². The van der Waals surface area contributed by atoms with Crippen LogP contribution < -0.4 is 4.74 Å². The molecule has 8 nitrogen and oxygen atoms in total. The number of sulfone groups is 1. The summed E-state index contributed by atoms with van der Waals surface area (Å²) in [6, 6.07) is 3.48. The molecule has 0 aliphatic carbocycles. The lowest BCUT2D eigenvalue weighted by atomic mass is 10.3. The summed E-state index contributed by atoms with van der Waals surface area (Å²) in [6.07, 6.45) is 3.91. The molecule has 0 saturated heterocycles. The predicted octanol–water partition coefficient (Wildman–Crippen LogP) is 1.52. The minimum absolute atomic E-state index is 0.0459. The first-order valence-corrected chi connectivity index (χ1v) is 7.31. The second kappa shape index (κ2) is 4.93. The fourth-order valence-electron chi connectivity index (χ4n) is 1.54. The van der Waals surface area contributed by atoms with Crippen molar-refractivity contribution in [2.45, 2.75) is 4.90 Å². The van der Waals surface area contributed by atoms with Crippen molar-refractivity contribution in [2.24, 2.45) is 7.05 Å². The monoisotopic (exact) mass is 297 g/mol. The van der Waals surface area contributed by atoms with E-state index in [2.05, 4.69) is 5.10 Å². The molecule has 0 fully saturated rings. The average Bonchev–Trinajstić information content (AvgIpc) is 2.73. The third-order valence-electron chi connectivity index (χ3n) is 2.46. The van der Waals surface area contributed by atoms with E-state index >= 15 is 0 Å². The largest absolute Gasteiger partial charge is 0.447 e. The van der Waals surface area contributed by atoms with Gasteiger partial charge >= 0.3 is 5.69 Å². The maximum Gasteiger partial charge on any atom is 0.312 e. The van der Waals surface area contributed by atoms with Gasteiger partial charge in [0.1, 0.15) is 0 Å². The molecule has 1 heterocycles. The summed E-state index contributed by atoms with van der Waals surface area (Å²) >= 11 is 0. The van der Waals surface area contributed by atoms with E-state index in [1.165, 1.54) is 29.2 Å². The van der Waals surface area contributed by atoms with Crippen LogP contribution in [0.15, 0.2) is 35.5 Å². The van der Waals surface area contributed by atoms with Gasteiger partial charge in [-0.15, -0.1) is 0 Å². The van der Waals surface area contributed by atoms with Gasteiger partial charge in [-0.3, -0.25) is 14.8 Å². The lowest BCUT2D eigenvalue weighted by molar-refractivity contribution is -0.385. The second-order valence-electron chi connectivity index (χ2n) is 4.11. The highest BCUT2D eigenvalue weighted by Gasteiger charge is 2.20. The molecule has 0 radical (unpaired) electrons. The maximum absolute atomic E-state index is 11.4. The Bertz CT molecular complexity index is 766. The van der Waals surface area contributed by atoms with Crippen molar-refractivity contribution >= 4 is 15.5 Å². The molecular weight excluding hydrogens is 286 g/mol. The number of hydrogen-bond donors (Lipinski definition) is 0. The lowest BCUT2D eigenvalue weighted by Gasteiger charge is -2.05. The van der Waals surface area contributed by atoms with Crippen LogP contribution in [0, 0.1) is 10.1 Å². The SMILES string of the molecule is Cn1cc(Oc2ccc(S(C)(=O)=O)cc2[N+](=O)[O-])cn1. The lowest BCUT2D eigenvalue weighted by Crippen LogP contribution is -2.00. The van der Waals surface area contributed by atoms with Gasteiger partial charge in [0, 0.05) is 19.4 Å². The molecule has 1 aromatic carbocycles. The van der Waals surface area contributed by atoms with Crippen molar-refractivity contribution < 1.29 is 18.1 Å². The van der Waals surface area contributed by atoms with Gasteiger partial charge in [0.25, 0.3) is 0 Å². The Labute approximate surface area is 114 Å². The van der Waals surface area contributed by atoms with Gasteiger partial charge in [-0.05, 0) is 12.1 Å². The van der Waals surface area contributed by atoms with Crippen molar-refractivity contribution in [3.05, 3.63) is 40.7 Å². The maximum atomic E-state index is 11.4. The number of aromatic nitrogens is 2. The van der Waals surface area contributed by atoms with Crippen LogP contribution in [0.4, 0.5) is 5.69 Å². The molecule has 1 aromatic heterocycles. The molecule has 0 bridgehead atoms. The summed E-state index contributed by atoms with van der Waals surface area (Å²) in [5.74, 6) is 0.276. The Kier molecular flexibility index (Phi) is 3.45. The summed E-state index contributed by atoms with van der Waals surface area (Å²) < 4.78 is 29.6. The number of nitro groups is 1. The summed E-state index contributed by atoms with van der Waals surface area (Å²) in [5.41, 5.74) is -0.420. The van der Waals surface area contributed by atoms with E-state index in [0.29, 0.717) is 5.75 Å².